The second-order valence-electron chi connectivity index (χ2n) is 5.73. The second-order valence-corrected chi connectivity index (χ2v) is 5.73. The van der Waals surface area contributed by atoms with Crippen LogP contribution in [-0.4, -0.2) is 53.7 Å². The summed E-state index contributed by atoms with van der Waals surface area (Å²) >= 11 is 0. The van der Waals surface area contributed by atoms with Gasteiger partial charge >= 0.3 is 5.97 Å². The molecule has 0 aromatic carbocycles. The lowest BCUT2D eigenvalue weighted by Crippen LogP contribution is -2.60. The molecule has 2 aliphatic rings. The third kappa shape index (κ3) is 2.47. The van der Waals surface area contributed by atoms with E-state index in [-0.39, 0.29) is 19.1 Å². The molecule has 2 atom stereocenters. The smallest absolute Gasteiger partial charge is 0.311 e. The maximum atomic E-state index is 12.5. The number of carboxylic acids is 1. The van der Waals surface area contributed by atoms with Crippen LogP contribution < -0.4 is 5.73 Å². The Balaban J connectivity index is 2.13. The number of carbonyl (C=O) groups is 2. The van der Waals surface area contributed by atoms with E-state index in [4.69, 9.17) is 10.5 Å². The van der Waals surface area contributed by atoms with Crippen molar-refractivity contribution in [1.82, 2.24) is 4.90 Å². The van der Waals surface area contributed by atoms with Crippen LogP contribution >= 0.6 is 0 Å². The van der Waals surface area contributed by atoms with Gasteiger partial charge in [-0.1, -0.05) is 6.92 Å². The van der Waals surface area contributed by atoms with Crippen LogP contribution in [0.4, 0.5) is 0 Å². The first-order chi connectivity index (χ1) is 8.93. The zero-order valence-electron chi connectivity index (χ0n) is 11.4. The Hall–Kier alpha value is -1.14. The number of ether oxygens (including phenoxy) is 1. The van der Waals surface area contributed by atoms with Gasteiger partial charge in [-0.2, -0.15) is 0 Å². The van der Waals surface area contributed by atoms with Crippen LogP contribution in [0.5, 0.6) is 0 Å². The SMILES string of the molecule is CCC1(C(=O)O)CCCN(C(=O)C2(N)CCOC2)C1. The molecule has 0 saturated carbocycles. The molecule has 0 bridgehead atoms. The molecular weight excluding hydrogens is 248 g/mol. The van der Waals surface area contributed by atoms with Crippen molar-refractivity contribution in [2.75, 3.05) is 26.3 Å². The van der Waals surface area contributed by atoms with E-state index in [9.17, 15) is 14.7 Å². The fourth-order valence-electron chi connectivity index (χ4n) is 2.98. The highest BCUT2D eigenvalue weighted by molar-refractivity contribution is 5.87. The van der Waals surface area contributed by atoms with Gasteiger partial charge in [-0.05, 0) is 25.7 Å². The summed E-state index contributed by atoms with van der Waals surface area (Å²) in [4.78, 5) is 25.6. The summed E-state index contributed by atoms with van der Waals surface area (Å²) in [7, 11) is 0. The molecule has 0 aliphatic carbocycles. The molecule has 0 aromatic rings. The predicted molar refractivity (Wildman–Crippen MR) is 68.5 cm³/mol. The van der Waals surface area contributed by atoms with Crippen molar-refractivity contribution < 1.29 is 19.4 Å². The van der Waals surface area contributed by atoms with Crippen LogP contribution in [0, 0.1) is 5.41 Å². The van der Waals surface area contributed by atoms with Gasteiger partial charge in [0.05, 0.1) is 12.0 Å². The van der Waals surface area contributed by atoms with E-state index < -0.39 is 16.9 Å². The molecule has 6 nitrogen and oxygen atoms in total. The number of likely N-dealkylation sites (tertiary alicyclic amines) is 1. The van der Waals surface area contributed by atoms with Gasteiger partial charge in [0.25, 0.3) is 0 Å². The van der Waals surface area contributed by atoms with Crippen molar-refractivity contribution in [1.29, 1.82) is 0 Å². The Labute approximate surface area is 112 Å². The second kappa shape index (κ2) is 5.09. The Morgan fingerprint density at radius 1 is 1.42 bits per heavy atom. The van der Waals surface area contributed by atoms with E-state index in [1.54, 1.807) is 4.90 Å². The Kier molecular flexibility index (Phi) is 3.82. The van der Waals surface area contributed by atoms with Gasteiger partial charge in [0.1, 0.15) is 5.54 Å². The van der Waals surface area contributed by atoms with E-state index in [1.165, 1.54) is 0 Å². The molecule has 108 valence electrons. The number of amides is 1. The quantitative estimate of drug-likeness (QED) is 0.764. The fourth-order valence-corrected chi connectivity index (χ4v) is 2.98. The number of nitrogens with zero attached hydrogens (tertiary/aromatic N) is 1. The number of rotatable bonds is 3. The number of piperidine rings is 1. The van der Waals surface area contributed by atoms with Crippen molar-refractivity contribution >= 4 is 11.9 Å². The van der Waals surface area contributed by atoms with Gasteiger partial charge in [0.2, 0.25) is 5.91 Å². The Morgan fingerprint density at radius 2 is 2.16 bits per heavy atom. The zero-order valence-corrected chi connectivity index (χ0v) is 11.4. The third-order valence-electron chi connectivity index (χ3n) is 4.47. The van der Waals surface area contributed by atoms with E-state index in [0.717, 1.165) is 0 Å². The number of nitrogens with two attached hydrogens (primary N) is 1. The van der Waals surface area contributed by atoms with Crippen molar-refractivity contribution in [3.63, 3.8) is 0 Å². The van der Waals surface area contributed by atoms with Crippen LogP contribution in [0.15, 0.2) is 0 Å². The third-order valence-corrected chi connectivity index (χ3v) is 4.47. The van der Waals surface area contributed by atoms with Crippen molar-refractivity contribution in [2.24, 2.45) is 11.1 Å². The summed E-state index contributed by atoms with van der Waals surface area (Å²) in [5, 5.41) is 9.42. The molecule has 2 heterocycles. The normalized spacial score (nSPS) is 35.4. The maximum Gasteiger partial charge on any atom is 0.311 e. The van der Waals surface area contributed by atoms with Gasteiger partial charge in [-0.3, -0.25) is 9.59 Å². The van der Waals surface area contributed by atoms with Crippen molar-refractivity contribution in [2.45, 2.75) is 38.1 Å². The average molecular weight is 270 g/mol. The molecular formula is C13H22N2O4. The van der Waals surface area contributed by atoms with E-state index in [1.807, 2.05) is 6.92 Å². The summed E-state index contributed by atoms with van der Waals surface area (Å²) in [6, 6.07) is 0. The van der Waals surface area contributed by atoms with Crippen LogP contribution in [0.3, 0.4) is 0 Å². The van der Waals surface area contributed by atoms with Gasteiger partial charge in [0.15, 0.2) is 0 Å². The lowest BCUT2D eigenvalue weighted by atomic mass is 9.77. The van der Waals surface area contributed by atoms with Gasteiger partial charge in [-0.15, -0.1) is 0 Å². The number of carbonyl (C=O) groups excluding carboxylic acids is 1. The highest BCUT2D eigenvalue weighted by Crippen LogP contribution is 2.35. The van der Waals surface area contributed by atoms with Gasteiger partial charge < -0.3 is 20.5 Å². The maximum absolute atomic E-state index is 12.5. The molecule has 0 spiro atoms. The number of carboxylic acid groups (broad SMARTS) is 1. The van der Waals surface area contributed by atoms with Gasteiger partial charge in [-0.25, -0.2) is 0 Å². The molecule has 19 heavy (non-hydrogen) atoms. The molecule has 0 aromatic heterocycles. The topological polar surface area (TPSA) is 92.9 Å². The molecule has 6 heteroatoms. The number of hydrogen-bond acceptors (Lipinski definition) is 4. The molecule has 2 saturated heterocycles. The standard InChI is InChI=1S/C13H22N2O4/c1-2-12(11(17)18)4-3-6-15(8-12)10(16)13(14)5-7-19-9-13/h2-9,14H2,1H3,(H,17,18). The van der Waals surface area contributed by atoms with E-state index in [0.29, 0.717) is 38.8 Å². The molecule has 2 unspecified atom stereocenters. The van der Waals surface area contributed by atoms with Crippen LogP contribution in [-0.2, 0) is 14.3 Å². The zero-order chi connectivity index (χ0) is 14.1. The van der Waals surface area contributed by atoms with E-state index >= 15 is 0 Å². The highest BCUT2D eigenvalue weighted by atomic mass is 16.5. The Bertz CT molecular complexity index is 379. The van der Waals surface area contributed by atoms with Crippen molar-refractivity contribution in [3.8, 4) is 0 Å². The molecule has 2 rings (SSSR count). The van der Waals surface area contributed by atoms with Crippen LogP contribution in [0.2, 0.25) is 0 Å². The lowest BCUT2D eigenvalue weighted by molar-refractivity contribution is -0.156. The largest absolute Gasteiger partial charge is 0.481 e. The van der Waals surface area contributed by atoms with E-state index in [2.05, 4.69) is 0 Å². The number of aliphatic carboxylic acids is 1. The number of hydrogen-bond donors (Lipinski definition) is 2. The monoisotopic (exact) mass is 270 g/mol. The van der Waals surface area contributed by atoms with Crippen molar-refractivity contribution in [3.05, 3.63) is 0 Å². The first-order valence-electron chi connectivity index (χ1n) is 6.83. The minimum atomic E-state index is -0.963. The first-order valence-corrected chi connectivity index (χ1v) is 6.83. The summed E-state index contributed by atoms with van der Waals surface area (Å²) in [5.74, 6) is -0.981. The molecule has 3 N–H and O–H groups in total. The first kappa shape index (κ1) is 14.3. The summed E-state index contributed by atoms with van der Waals surface area (Å²) < 4.78 is 5.21. The summed E-state index contributed by atoms with van der Waals surface area (Å²) in [5.41, 5.74) is 4.30. The van der Waals surface area contributed by atoms with Crippen LogP contribution in [0.25, 0.3) is 0 Å². The highest BCUT2D eigenvalue weighted by Gasteiger charge is 2.47. The summed E-state index contributed by atoms with van der Waals surface area (Å²) in [6.45, 7) is 3.44. The van der Waals surface area contributed by atoms with Gasteiger partial charge in [0, 0.05) is 19.7 Å². The minimum absolute atomic E-state index is 0.163. The molecule has 1 amide bonds. The fraction of sp³-hybridized carbons (Fsp3) is 0.846. The Morgan fingerprint density at radius 3 is 2.68 bits per heavy atom. The average Bonchev–Trinajstić information content (AvgIpc) is 2.86. The summed E-state index contributed by atoms with van der Waals surface area (Å²) in [6.07, 6.45) is 2.37. The predicted octanol–water partition coefficient (Wildman–Crippen LogP) is 0.208. The molecule has 2 fully saturated rings. The lowest BCUT2D eigenvalue weighted by Gasteiger charge is -2.41. The minimum Gasteiger partial charge on any atom is -0.481 e. The molecule has 0 radical (unpaired) electrons. The van der Waals surface area contributed by atoms with Crippen LogP contribution in [0.1, 0.15) is 32.6 Å². The molecule has 2 aliphatic heterocycles.